The highest BCUT2D eigenvalue weighted by atomic mass is 32.1. The lowest BCUT2D eigenvalue weighted by Gasteiger charge is -2.07. The van der Waals surface area contributed by atoms with Gasteiger partial charge in [0.2, 0.25) is 0 Å². The van der Waals surface area contributed by atoms with E-state index in [0.29, 0.717) is 40.9 Å². The number of allylic oxidation sites excluding steroid dienone is 1. The molecule has 3 aromatic rings. The SMILES string of the molecule is C=CCn1c(-c2sc(NC(=O)COc3ccc(CCC(C)=O)cc3)nc2C)n[nH]c1=S. The van der Waals surface area contributed by atoms with Gasteiger partial charge >= 0.3 is 0 Å². The number of hydrogen-bond donors (Lipinski definition) is 2. The van der Waals surface area contributed by atoms with Crippen molar-refractivity contribution in [1.82, 2.24) is 19.7 Å². The second kappa shape index (κ2) is 10.3. The maximum Gasteiger partial charge on any atom is 0.264 e. The Morgan fingerprint density at radius 2 is 2.10 bits per heavy atom. The van der Waals surface area contributed by atoms with Crippen LogP contribution >= 0.6 is 23.6 Å². The van der Waals surface area contributed by atoms with Crippen LogP contribution < -0.4 is 10.1 Å². The molecule has 3 rings (SSSR count). The Morgan fingerprint density at radius 3 is 2.77 bits per heavy atom. The number of benzene rings is 1. The van der Waals surface area contributed by atoms with Gasteiger partial charge in [-0.3, -0.25) is 19.8 Å². The number of rotatable bonds is 10. The first kappa shape index (κ1) is 22.6. The molecule has 10 heteroatoms. The standard InChI is InChI=1S/C21H23N5O3S2/c1-4-11-26-19(24-25-21(26)30)18-14(3)22-20(31-18)23-17(28)12-29-16-9-7-15(8-10-16)6-5-13(2)27/h4,7-10H,1,5-6,11-12H2,2-3H3,(H,25,30)(H,22,23,28). The zero-order valence-corrected chi connectivity index (χ0v) is 18.9. The van der Waals surface area contributed by atoms with Crippen molar-refractivity contribution < 1.29 is 14.3 Å². The molecule has 0 bridgehead atoms. The van der Waals surface area contributed by atoms with Crippen LogP contribution in [0.15, 0.2) is 36.9 Å². The number of aromatic nitrogens is 4. The number of thiazole rings is 1. The number of amides is 1. The minimum atomic E-state index is -0.314. The molecule has 0 spiro atoms. The fourth-order valence-electron chi connectivity index (χ4n) is 2.82. The molecule has 0 aliphatic rings. The van der Waals surface area contributed by atoms with Crippen LogP contribution in [0, 0.1) is 11.7 Å². The van der Waals surface area contributed by atoms with Gasteiger partial charge in [0.25, 0.3) is 5.91 Å². The normalized spacial score (nSPS) is 10.6. The number of carbonyl (C=O) groups excluding carboxylic acids is 2. The van der Waals surface area contributed by atoms with Gasteiger partial charge in [0, 0.05) is 13.0 Å². The molecule has 0 atom stereocenters. The van der Waals surface area contributed by atoms with Crippen molar-refractivity contribution in [2.24, 2.45) is 0 Å². The second-order valence-electron chi connectivity index (χ2n) is 6.87. The van der Waals surface area contributed by atoms with Gasteiger partial charge in [0.05, 0.1) is 10.6 Å². The van der Waals surface area contributed by atoms with Gasteiger partial charge in [-0.2, -0.15) is 5.10 Å². The van der Waals surface area contributed by atoms with Crippen molar-refractivity contribution in [3.05, 3.63) is 52.9 Å². The van der Waals surface area contributed by atoms with E-state index in [1.54, 1.807) is 25.1 Å². The Kier molecular flexibility index (Phi) is 7.48. The molecule has 0 aliphatic carbocycles. The molecule has 0 aliphatic heterocycles. The molecule has 2 aromatic heterocycles. The van der Waals surface area contributed by atoms with Crippen LogP contribution in [-0.2, 0) is 22.6 Å². The van der Waals surface area contributed by atoms with Crippen molar-refractivity contribution in [2.45, 2.75) is 33.2 Å². The third kappa shape index (κ3) is 5.96. The van der Waals surface area contributed by atoms with Crippen LogP contribution in [0.25, 0.3) is 10.7 Å². The summed E-state index contributed by atoms with van der Waals surface area (Å²) in [7, 11) is 0. The third-order valence-corrected chi connectivity index (χ3v) is 5.76. The summed E-state index contributed by atoms with van der Waals surface area (Å²) in [6.07, 6.45) is 2.94. The average Bonchev–Trinajstić information content (AvgIpc) is 3.27. The Bertz CT molecular complexity index is 1140. The zero-order chi connectivity index (χ0) is 22.4. The maximum atomic E-state index is 12.3. The van der Waals surface area contributed by atoms with E-state index in [1.165, 1.54) is 11.3 Å². The fraction of sp³-hybridized carbons (Fsp3) is 0.286. The number of ether oxygens (including phenoxy) is 1. The average molecular weight is 458 g/mol. The highest BCUT2D eigenvalue weighted by molar-refractivity contribution is 7.71. The summed E-state index contributed by atoms with van der Waals surface area (Å²) < 4.78 is 7.86. The van der Waals surface area contributed by atoms with Crippen LogP contribution in [0.5, 0.6) is 5.75 Å². The molecule has 0 fully saturated rings. The highest BCUT2D eigenvalue weighted by Gasteiger charge is 2.17. The summed E-state index contributed by atoms with van der Waals surface area (Å²) in [6.45, 7) is 7.54. The van der Waals surface area contributed by atoms with E-state index in [2.05, 4.69) is 27.1 Å². The first-order valence-electron chi connectivity index (χ1n) is 9.62. The van der Waals surface area contributed by atoms with Crippen LogP contribution in [0.4, 0.5) is 5.13 Å². The number of nitrogens with one attached hydrogen (secondary N) is 2. The molecule has 2 N–H and O–H groups in total. The smallest absolute Gasteiger partial charge is 0.264 e. The molecule has 0 saturated heterocycles. The predicted octanol–water partition coefficient (Wildman–Crippen LogP) is 4.10. The predicted molar refractivity (Wildman–Crippen MR) is 123 cm³/mol. The minimum absolute atomic E-state index is 0.143. The molecule has 2 heterocycles. The molecular weight excluding hydrogens is 434 g/mol. The Labute approximate surface area is 189 Å². The lowest BCUT2D eigenvalue weighted by Crippen LogP contribution is -2.20. The van der Waals surface area contributed by atoms with Gasteiger partial charge in [0.15, 0.2) is 22.3 Å². The molecule has 0 saturated carbocycles. The van der Waals surface area contributed by atoms with E-state index in [1.807, 2.05) is 23.6 Å². The van der Waals surface area contributed by atoms with Gasteiger partial charge in [-0.05, 0) is 50.2 Å². The Balaban J connectivity index is 1.59. The van der Waals surface area contributed by atoms with Crippen LogP contribution in [0.1, 0.15) is 24.6 Å². The molecule has 162 valence electrons. The lowest BCUT2D eigenvalue weighted by molar-refractivity contribution is -0.118. The van der Waals surface area contributed by atoms with Gasteiger partial charge in [0.1, 0.15) is 11.5 Å². The number of anilines is 1. The van der Waals surface area contributed by atoms with Crippen molar-refractivity contribution in [2.75, 3.05) is 11.9 Å². The molecular formula is C21H23N5O3S2. The third-order valence-electron chi connectivity index (χ3n) is 4.37. The first-order valence-corrected chi connectivity index (χ1v) is 10.8. The van der Waals surface area contributed by atoms with Crippen molar-refractivity contribution in [3.63, 3.8) is 0 Å². The molecule has 0 radical (unpaired) electrons. The van der Waals surface area contributed by atoms with Gasteiger partial charge in [-0.1, -0.05) is 29.5 Å². The summed E-state index contributed by atoms with van der Waals surface area (Å²) >= 11 is 6.57. The van der Waals surface area contributed by atoms with Crippen molar-refractivity contribution >= 4 is 40.4 Å². The number of nitrogens with zero attached hydrogens (tertiary/aromatic N) is 3. The molecule has 1 aromatic carbocycles. The number of aryl methyl sites for hydroxylation is 2. The Hall–Kier alpha value is -3.11. The summed E-state index contributed by atoms with van der Waals surface area (Å²) in [6, 6.07) is 7.36. The molecule has 1 amide bonds. The van der Waals surface area contributed by atoms with Crippen molar-refractivity contribution in [1.29, 1.82) is 0 Å². The number of Topliss-reactive ketones (excluding diaryl/α,β-unsaturated/α-hetero) is 1. The Morgan fingerprint density at radius 1 is 1.35 bits per heavy atom. The first-order chi connectivity index (χ1) is 14.9. The van der Waals surface area contributed by atoms with E-state index < -0.39 is 0 Å². The zero-order valence-electron chi connectivity index (χ0n) is 17.3. The lowest BCUT2D eigenvalue weighted by atomic mass is 10.1. The van der Waals surface area contributed by atoms with E-state index in [-0.39, 0.29) is 18.3 Å². The van der Waals surface area contributed by atoms with Crippen LogP contribution in [0.2, 0.25) is 0 Å². The molecule has 8 nitrogen and oxygen atoms in total. The van der Waals surface area contributed by atoms with E-state index in [0.717, 1.165) is 16.1 Å². The molecule has 0 unspecified atom stereocenters. The fourth-order valence-corrected chi connectivity index (χ4v) is 4.01. The van der Waals surface area contributed by atoms with Crippen LogP contribution in [-0.4, -0.2) is 38.0 Å². The van der Waals surface area contributed by atoms with E-state index in [9.17, 15) is 9.59 Å². The van der Waals surface area contributed by atoms with Crippen molar-refractivity contribution in [3.8, 4) is 16.5 Å². The summed E-state index contributed by atoms with van der Waals surface area (Å²) in [5, 5.41) is 10.3. The van der Waals surface area contributed by atoms with E-state index >= 15 is 0 Å². The largest absolute Gasteiger partial charge is 0.484 e. The maximum absolute atomic E-state index is 12.3. The second-order valence-corrected chi connectivity index (χ2v) is 8.25. The number of ketones is 1. The number of carbonyl (C=O) groups is 2. The molecule has 31 heavy (non-hydrogen) atoms. The van der Waals surface area contributed by atoms with Crippen LogP contribution in [0.3, 0.4) is 0 Å². The number of H-pyrrole nitrogens is 1. The number of hydrogen-bond acceptors (Lipinski definition) is 7. The number of aromatic amines is 1. The van der Waals surface area contributed by atoms with Gasteiger partial charge < -0.3 is 9.53 Å². The van der Waals surface area contributed by atoms with Gasteiger partial charge in [-0.15, -0.1) is 6.58 Å². The summed E-state index contributed by atoms with van der Waals surface area (Å²) in [5.74, 6) is 1.08. The minimum Gasteiger partial charge on any atom is -0.484 e. The highest BCUT2D eigenvalue weighted by Crippen LogP contribution is 2.31. The van der Waals surface area contributed by atoms with E-state index in [4.69, 9.17) is 17.0 Å². The topological polar surface area (TPSA) is 102 Å². The summed E-state index contributed by atoms with van der Waals surface area (Å²) in [5.41, 5.74) is 1.79. The summed E-state index contributed by atoms with van der Waals surface area (Å²) in [4.78, 5) is 28.6. The van der Waals surface area contributed by atoms with Gasteiger partial charge in [-0.25, -0.2) is 4.98 Å². The monoisotopic (exact) mass is 457 g/mol. The quantitative estimate of drug-likeness (QED) is 0.351.